The van der Waals surface area contributed by atoms with Crippen LogP contribution in [0.2, 0.25) is 0 Å². The van der Waals surface area contributed by atoms with Crippen LogP contribution in [0.5, 0.6) is 0 Å². The van der Waals surface area contributed by atoms with Gasteiger partial charge in [-0.25, -0.2) is 0 Å². The van der Waals surface area contributed by atoms with Crippen molar-refractivity contribution in [2.75, 3.05) is 46.3 Å². The summed E-state index contributed by atoms with van der Waals surface area (Å²) in [7, 11) is 2.12. The number of piperazine rings is 1. The third-order valence-corrected chi connectivity index (χ3v) is 5.36. The Morgan fingerprint density at radius 2 is 1.80 bits per heavy atom. The summed E-state index contributed by atoms with van der Waals surface area (Å²) in [4.78, 5) is 19.2. The average molecular weight is 349 g/mol. The lowest BCUT2D eigenvalue weighted by atomic mass is 9.93. The fraction of sp³-hybridized carbons (Fsp3) is 0.833. The highest BCUT2D eigenvalue weighted by Gasteiger charge is 2.26. The predicted octanol–water partition coefficient (Wildman–Crippen LogP) is 1.57. The number of rotatable bonds is 5. The molecular formula is C18H31N5O2. The first-order valence-corrected chi connectivity index (χ1v) is 9.52. The van der Waals surface area contributed by atoms with Crippen LogP contribution in [0, 0.1) is 5.92 Å². The van der Waals surface area contributed by atoms with Crippen molar-refractivity contribution in [3.8, 4) is 0 Å². The molecule has 0 aliphatic carbocycles. The first-order valence-electron chi connectivity index (χ1n) is 9.52. The van der Waals surface area contributed by atoms with Gasteiger partial charge in [-0.05, 0) is 38.9 Å². The molecule has 0 spiro atoms. The molecule has 0 N–H and O–H groups in total. The van der Waals surface area contributed by atoms with Crippen molar-refractivity contribution in [3.05, 3.63) is 11.8 Å². The molecule has 2 fully saturated rings. The highest BCUT2D eigenvalue weighted by molar-refractivity contribution is 5.76. The molecule has 0 aromatic carbocycles. The number of carbonyl (C=O) groups is 1. The van der Waals surface area contributed by atoms with Gasteiger partial charge in [-0.2, -0.15) is 0 Å². The summed E-state index contributed by atoms with van der Waals surface area (Å²) in [5.74, 6) is 2.54. The zero-order chi connectivity index (χ0) is 17.8. The van der Waals surface area contributed by atoms with E-state index in [4.69, 9.17) is 4.42 Å². The number of piperidine rings is 1. The summed E-state index contributed by atoms with van der Waals surface area (Å²) in [5.41, 5.74) is 0. The van der Waals surface area contributed by atoms with Crippen molar-refractivity contribution < 1.29 is 9.21 Å². The summed E-state index contributed by atoms with van der Waals surface area (Å²) >= 11 is 0. The fourth-order valence-corrected chi connectivity index (χ4v) is 3.54. The molecule has 0 atom stereocenters. The molecular weight excluding hydrogens is 318 g/mol. The van der Waals surface area contributed by atoms with E-state index < -0.39 is 0 Å². The molecule has 0 unspecified atom stereocenters. The minimum Gasteiger partial charge on any atom is -0.424 e. The largest absolute Gasteiger partial charge is 0.424 e. The second kappa shape index (κ2) is 8.27. The number of hydrogen-bond donors (Lipinski definition) is 0. The standard InChI is InChI=1S/C18H31N5O2/c1-14(2)18-20-19-16(25-18)13-22-6-4-15(5-7-22)12-17(24)23-10-8-21(3)9-11-23/h14-15H,4-13H2,1-3H3. The van der Waals surface area contributed by atoms with Crippen molar-refractivity contribution >= 4 is 5.91 Å². The van der Waals surface area contributed by atoms with Gasteiger partial charge in [0.1, 0.15) is 0 Å². The Morgan fingerprint density at radius 3 is 2.40 bits per heavy atom. The van der Waals surface area contributed by atoms with Crippen molar-refractivity contribution in [1.82, 2.24) is 24.9 Å². The zero-order valence-electron chi connectivity index (χ0n) is 15.8. The minimum absolute atomic E-state index is 0.271. The van der Waals surface area contributed by atoms with Gasteiger partial charge in [0.2, 0.25) is 17.7 Å². The van der Waals surface area contributed by atoms with Crippen LogP contribution in [0.25, 0.3) is 0 Å². The van der Waals surface area contributed by atoms with E-state index in [2.05, 4.69) is 40.9 Å². The van der Waals surface area contributed by atoms with Gasteiger partial charge in [0.25, 0.3) is 0 Å². The number of nitrogens with zero attached hydrogens (tertiary/aromatic N) is 5. The highest BCUT2D eigenvalue weighted by atomic mass is 16.4. The molecule has 1 aromatic heterocycles. The fourth-order valence-electron chi connectivity index (χ4n) is 3.54. The van der Waals surface area contributed by atoms with Crippen LogP contribution in [-0.2, 0) is 11.3 Å². The zero-order valence-corrected chi connectivity index (χ0v) is 15.8. The van der Waals surface area contributed by atoms with Gasteiger partial charge < -0.3 is 14.2 Å². The van der Waals surface area contributed by atoms with Crippen molar-refractivity contribution in [2.45, 2.75) is 45.6 Å². The predicted molar refractivity (Wildman–Crippen MR) is 95.1 cm³/mol. The Kier molecular flexibility index (Phi) is 6.06. The van der Waals surface area contributed by atoms with Gasteiger partial charge in [0.15, 0.2) is 0 Å². The van der Waals surface area contributed by atoms with E-state index in [-0.39, 0.29) is 5.92 Å². The molecule has 25 heavy (non-hydrogen) atoms. The highest BCUT2D eigenvalue weighted by Crippen LogP contribution is 2.23. The van der Waals surface area contributed by atoms with E-state index in [0.717, 1.165) is 58.7 Å². The number of hydrogen-bond acceptors (Lipinski definition) is 6. The van der Waals surface area contributed by atoms with E-state index in [0.29, 0.717) is 30.0 Å². The summed E-state index contributed by atoms with van der Waals surface area (Å²) < 4.78 is 5.70. The normalized spacial score (nSPS) is 21.2. The van der Waals surface area contributed by atoms with E-state index in [1.165, 1.54) is 0 Å². The summed E-state index contributed by atoms with van der Waals surface area (Å²) in [6.45, 7) is 10.6. The molecule has 3 heterocycles. The molecule has 0 radical (unpaired) electrons. The molecule has 7 heteroatoms. The maximum absolute atomic E-state index is 12.5. The second-order valence-corrected chi connectivity index (χ2v) is 7.80. The number of likely N-dealkylation sites (tertiary alicyclic amines) is 1. The molecule has 1 amide bonds. The lowest BCUT2D eigenvalue weighted by Crippen LogP contribution is -2.47. The maximum atomic E-state index is 12.5. The van der Waals surface area contributed by atoms with Crippen molar-refractivity contribution in [1.29, 1.82) is 0 Å². The third kappa shape index (κ3) is 5.01. The first-order chi connectivity index (χ1) is 12.0. The van der Waals surface area contributed by atoms with E-state index in [9.17, 15) is 4.79 Å². The van der Waals surface area contributed by atoms with Gasteiger partial charge in [0.05, 0.1) is 6.54 Å². The monoisotopic (exact) mass is 349 g/mol. The van der Waals surface area contributed by atoms with Gasteiger partial charge in [-0.15, -0.1) is 10.2 Å². The lowest BCUT2D eigenvalue weighted by Gasteiger charge is -2.35. The van der Waals surface area contributed by atoms with E-state index >= 15 is 0 Å². The van der Waals surface area contributed by atoms with Crippen LogP contribution in [0.3, 0.4) is 0 Å². The van der Waals surface area contributed by atoms with Gasteiger partial charge >= 0.3 is 0 Å². The molecule has 1 aromatic rings. The molecule has 0 bridgehead atoms. The second-order valence-electron chi connectivity index (χ2n) is 7.80. The Hall–Kier alpha value is -1.47. The van der Waals surface area contributed by atoms with E-state index in [1.54, 1.807) is 0 Å². The lowest BCUT2D eigenvalue weighted by molar-refractivity contribution is -0.134. The summed E-state index contributed by atoms with van der Waals surface area (Å²) in [6.07, 6.45) is 2.85. The molecule has 2 aliphatic heterocycles. The molecule has 2 aliphatic rings. The Balaban J connectivity index is 1.40. The van der Waals surface area contributed by atoms with Gasteiger partial charge in [-0.1, -0.05) is 13.8 Å². The van der Waals surface area contributed by atoms with Crippen LogP contribution < -0.4 is 0 Å². The third-order valence-electron chi connectivity index (χ3n) is 5.36. The molecule has 3 rings (SSSR count). The van der Waals surface area contributed by atoms with Crippen LogP contribution in [0.1, 0.15) is 50.8 Å². The number of amides is 1. The summed E-state index contributed by atoms with van der Waals surface area (Å²) in [6, 6.07) is 0. The van der Waals surface area contributed by atoms with E-state index in [1.807, 2.05) is 4.90 Å². The van der Waals surface area contributed by atoms with Gasteiger partial charge in [-0.3, -0.25) is 9.69 Å². The average Bonchev–Trinajstić information content (AvgIpc) is 3.06. The Bertz CT molecular complexity index is 558. The number of aromatic nitrogens is 2. The van der Waals surface area contributed by atoms with Crippen LogP contribution >= 0.6 is 0 Å². The SMILES string of the molecule is CC(C)c1nnc(CN2CCC(CC(=O)N3CCN(C)CC3)CC2)o1. The maximum Gasteiger partial charge on any atom is 0.230 e. The molecule has 0 saturated carbocycles. The van der Waals surface area contributed by atoms with Crippen LogP contribution in [0.15, 0.2) is 4.42 Å². The number of carbonyl (C=O) groups excluding carboxylic acids is 1. The molecule has 2 saturated heterocycles. The number of likely N-dealkylation sites (N-methyl/N-ethyl adjacent to an activating group) is 1. The Labute approximate surface area is 150 Å². The quantitative estimate of drug-likeness (QED) is 0.804. The van der Waals surface area contributed by atoms with Crippen LogP contribution in [-0.4, -0.2) is 77.1 Å². The van der Waals surface area contributed by atoms with Crippen molar-refractivity contribution in [2.24, 2.45) is 5.92 Å². The smallest absolute Gasteiger partial charge is 0.230 e. The minimum atomic E-state index is 0.271. The van der Waals surface area contributed by atoms with Gasteiger partial charge in [0, 0.05) is 38.5 Å². The van der Waals surface area contributed by atoms with Crippen molar-refractivity contribution in [3.63, 3.8) is 0 Å². The molecule has 140 valence electrons. The summed E-state index contributed by atoms with van der Waals surface area (Å²) in [5, 5.41) is 8.24. The molecule has 7 nitrogen and oxygen atoms in total. The Morgan fingerprint density at radius 1 is 1.12 bits per heavy atom. The van der Waals surface area contributed by atoms with Crippen LogP contribution in [0.4, 0.5) is 0 Å². The topological polar surface area (TPSA) is 65.7 Å². The first kappa shape index (κ1) is 18.3.